The summed E-state index contributed by atoms with van der Waals surface area (Å²) in [5.41, 5.74) is 1.75. The van der Waals surface area contributed by atoms with Crippen LogP contribution in [-0.4, -0.2) is 52.9 Å². The molecule has 0 unspecified atom stereocenters. The van der Waals surface area contributed by atoms with Crippen molar-refractivity contribution in [2.45, 2.75) is 0 Å². The van der Waals surface area contributed by atoms with Crippen LogP contribution in [0.25, 0.3) is 21.5 Å². The van der Waals surface area contributed by atoms with E-state index in [0.29, 0.717) is 75.1 Å². The Kier molecular flexibility index (Phi) is 7.48. The molecule has 1 heterocycles. The lowest BCUT2D eigenvalue weighted by Gasteiger charge is -2.24. The first-order valence-corrected chi connectivity index (χ1v) is 11.8. The van der Waals surface area contributed by atoms with Gasteiger partial charge in [0, 0.05) is 27.2 Å². The number of benzene rings is 4. The van der Waals surface area contributed by atoms with Gasteiger partial charge in [0.1, 0.15) is 24.7 Å². The molecule has 4 aromatic carbocycles. The minimum atomic E-state index is -0.129. The maximum absolute atomic E-state index is 13.9. The molecule has 1 aliphatic heterocycles. The zero-order valence-corrected chi connectivity index (χ0v) is 19.5. The SMILES string of the molecule is [O-]c1c2c3cccc2c(Nc2ccccc2)c2cccc(c12)OCCOCCOCCOCCO3. The van der Waals surface area contributed by atoms with Crippen molar-refractivity contribution in [3.8, 4) is 17.2 Å². The minimum absolute atomic E-state index is 0.129. The molecule has 4 aromatic rings. The zero-order chi connectivity index (χ0) is 23.9. The second kappa shape index (κ2) is 11.3. The van der Waals surface area contributed by atoms with Crippen LogP contribution in [0.5, 0.6) is 17.2 Å². The molecule has 0 aliphatic carbocycles. The summed E-state index contributed by atoms with van der Waals surface area (Å²) < 4.78 is 28.8. The second-order valence-electron chi connectivity index (χ2n) is 8.09. The molecule has 2 bridgehead atoms. The van der Waals surface area contributed by atoms with Crippen molar-refractivity contribution < 1.29 is 28.8 Å². The van der Waals surface area contributed by atoms with Crippen molar-refractivity contribution in [2.75, 3.05) is 58.2 Å². The number of nitrogens with one attached hydrogen (secondary N) is 1. The molecule has 5 rings (SSSR count). The Labute approximate surface area is 204 Å². The molecule has 0 saturated carbocycles. The Hall–Kier alpha value is -3.52. The highest BCUT2D eigenvalue weighted by molar-refractivity contribution is 6.19. The van der Waals surface area contributed by atoms with Gasteiger partial charge in [-0.05, 0) is 24.3 Å². The second-order valence-corrected chi connectivity index (χ2v) is 8.09. The lowest BCUT2D eigenvalue weighted by Crippen LogP contribution is -2.15. The van der Waals surface area contributed by atoms with Crippen molar-refractivity contribution in [3.05, 3.63) is 66.7 Å². The molecule has 0 aromatic heterocycles. The monoisotopic (exact) mass is 474 g/mol. The smallest absolute Gasteiger partial charge is 0.126 e. The third-order valence-corrected chi connectivity index (χ3v) is 5.80. The van der Waals surface area contributed by atoms with Crippen LogP contribution in [0.15, 0.2) is 66.7 Å². The number of para-hydroxylation sites is 1. The van der Waals surface area contributed by atoms with Gasteiger partial charge in [0.15, 0.2) is 0 Å². The van der Waals surface area contributed by atoms with E-state index < -0.39 is 0 Å². The van der Waals surface area contributed by atoms with Crippen LogP contribution in [-0.2, 0) is 14.2 Å². The Morgan fingerprint density at radius 1 is 0.543 bits per heavy atom. The average molecular weight is 475 g/mol. The van der Waals surface area contributed by atoms with Crippen LogP contribution in [0.4, 0.5) is 11.4 Å². The molecule has 0 saturated heterocycles. The van der Waals surface area contributed by atoms with E-state index in [1.807, 2.05) is 66.7 Å². The first-order valence-electron chi connectivity index (χ1n) is 11.8. The first-order chi connectivity index (χ1) is 17.3. The van der Waals surface area contributed by atoms with E-state index in [9.17, 15) is 5.11 Å². The van der Waals surface area contributed by atoms with Gasteiger partial charge in [0.25, 0.3) is 0 Å². The highest BCUT2D eigenvalue weighted by Crippen LogP contribution is 2.47. The minimum Gasteiger partial charge on any atom is -0.871 e. The van der Waals surface area contributed by atoms with Crippen LogP contribution in [0, 0.1) is 0 Å². The first kappa shape index (κ1) is 23.2. The van der Waals surface area contributed by atoms with Crippen LogP contribution >= 0.6 is 0 Å². The van der Waals surface area contributed by atoms with E-state index in [1.54, 1.807) is 0 Å². The van der Waals surface area contributed by atoms with Crippen molar-refractivity contribution >= 4 is 32.9 Å². The summed E-state index contributed by atoms with van der Waals surface area (Å²) >= 11 is 0. The van der Waals surface area contributed by atoms with Crippen molar-refractivity contribution in [2.24, 2.45) is 0 Å². The lowest BCUT2D eigenvalue weighted by atomic mass is 9.97. The standard InChI is InChI=1S/C28H29NO6/c30-28-25-21-8-4-10-23(25)34-18-16-32-14-12-31-13-15-33-17-19-35-24-11-5-9-22(26(24)28)27(21)29-20-6-2-1-3-7-20/h1-11,29-30H,12-19H2/p-1. The summed E-state index contributed by atoms with van der Waals surface area (Å²) in [4.78, 5) is 0. The maximum atomic E-state index is 13.9. The molecule has 0 atom stereocenters. The van der Waals surface area contributed by atoms with Gasteiger partial charge >= 0.3 is 0 Å². The third kappa shape index (κ3) is 5.27. The highest BCUT2D eigenvalue weighted by atomic mass is 16.6. The zero-order valence-electron chi connectivity index (χ0n) is 19.5. The molecule has 7 heteroatoms. The van der Waals surface area contributed by atoms with E-state index in [2.05, 4.69) is 5.32 Å². The summed E-state index contributed by atoms with van der Waals surface area (Å²) in [6, 6.07) is 21.2. The van der Waals surface area contributed by atoms with Crippen molar-refractivity contribution in [1.29, 1.82) is 0 Å². The molecular weight excluding hydrogens is 446 g/mol. The topological polar surface area (TPSA) is 81.2 Å². The maximum Gasteiger partial charge on any atom is 0.126 e. The van der Waals surface area contributed by atoms with Gasteiger partial charge in [0.05, 0.1) is 45.3 Å². The molecule has 7 nitrogen and oxygen atoms in total. The van der Waals surface area contributed by atoms with Gasteiger partial charge in [-0.25, -0.2) is 0 Å². The van der Waals surface area contributed by atoms with Crippen molar-refractivity contribution in [3.63, 3.8) is 0 Å². The quantitative estimate of drug-likeness (QED) is 0.424. The predicted octanol–water partition coefficient (Wildman–Crippen LogP) is 4.63. The van der Waals surface area contributed by atoms with E-state index in [4.69, 9.17) is 23.7 Å². The van der Waals surface area contributed by atoms with Crippen LogP contribution in [0.2, 0.25) is 0 Å². The van der Waals surface area contributed by atoms with Crippen molar-refractivity contribution in [1.82, 2.24) is 0 Å². The molecule has 182 valence electrons. The Balaban J connectivity index is 1.64. The largest absolute Gasteiger partial charge is 0.871 e. The summed E-state index contributed by atoms with van der Waals surface area (Å²) in [5.74, 6) is 0.908. The fourth-order valence-corrected chi connectivity index (χ4v) is 4.22. The van der Waals surface area contributed by atoms with Gasteiger partial charge in [0.2, 0.25) is 0 Å². The van der Waals surface area contributed by atoms with E-state index in [1.165, 1.54) is 0 Å². The molecule has 0 amide bonds. The average Bonchev–Trinajstić information content (AvgIpc) is 2.89. The Bertz CT molecular complexity index is 1200. The number of rotatable bonds is 2. The predicted molar refractivity (Wildman–Crippen MR) is 134 cm³/mol. The molecule has 0 spiro atoms. The molecule has 0 radical (unpaired) electrons. The normalized spacial score (nSPS) is 15.9. The number of ether oxygens (including phenoxy) is 5. The molecule has 35 heavy (non-hydrogen) atoms. The van der Waals surface area contributed by atoms with Crippen LogP contribution in [0.1, 0.15) is 0 Å². The Morgan fingerprint density at radius 3 is 1.54 bits per heavy atom. The third-order valence-electron chi connectivity index (χ3n) is 5.80. The van der Waals surface area contributed by atoms with Gasteiger partial charge in [-0.3, -0.25) is 0 Å². The van der Waals surface area contributed by atoms with Gasteiger partial charge in [-0.2, -0.15) is 0 Å². The summed E-state index contributed by atoms with van der Waals surface area (Å²) in [6.45, 7) is 3.32. The molecule has 1 N–H and O–H groups in total. The number of hydrogen-bond donors (Lipinski definition) is 1. The Morgan fingerprint density at radius 2 is 1.03 bits per heavy atom. The van der Waals surface area contributed by atoms with Gasteiger partial charge in [-0.1, -0.05) is 48.2 Å². The van der Waals surface area contributed by atoms with Gasteiger partial charge < -0.3 is 34.1 Å². The number of anilines is 2. The van der Waals surface area contributed by atoms with Crippen LogP contribution < -0.4 is 19.9 Å². The lowest BCUT2D eigenvalue weighted by molar-refractivity contribution is -0.263. The summed E-state index contributed by atoms with van der Waals surface area (Å²) in [5, 5.41) is 20.0. The van der Waals surface area contributed by atoms with Gasteiger partial charge in [-0.15, -0.1) is 0 Å². The highest BCUT2D eigenvalue weighted by Gasteiger charge is 2.16. The fourth-order valence-electron chi connectivity index (χ4n) is 4.22. The fraction of sp³-hybridized carbons (Fsp3) is 0.286. The van der Waals surface area contributed by atoms with Crippen LogP contribution in [0.3, 0.4) is 0 Å². The number of hydrogen-bond acceptors (Lipinski definition) is 7. The molecular formula is C28H28NO6-. The molecule has 1 aliphatic rings. The molecule has 0 fully saturated rings. The summed E-state index contributed by atoms with van der Waals surface area (Å²) in [6.07, 6.45) is 0. The van der Waals surface area contributed by atoms with E-state index in [0.717, 1.165) is 22.1 Å². The van der Waals surface area contributed by atoms with E-state index in [-0.39, 0.29) is 5.75 Å². The summed E-state index contributed by atoms with van der Waals surface area (Å²) in [7, 11) is 0. The van der Waals surface area contributed by atoms with E-state index >= 15 is 0 Å².